The van der Waals surface area contributed by atoms with Crippen LogP contribution in [0.1, 0.15) is 20.7 Å². The Bertz CT molecular complexity index is 1610. The van der Waals surface area contributed by atoms with E-state index in [9.17, 15) is 14.0 Å². The van der Waals surface area contributed by atoms with Crippen molar-refractivity contribution in [3.63, 3.8) is 0 Å². The van der Waals surface area contributed by atoms with Gasteiger partial charge >= 0.3 is 5.97 Å². The van der Waals surface area contributed by atoms with Crippen LogP contribution in [0.15, 0.2) is 66.9 Å². The van der Waals surface area contributed by atoms with Crippen molar-refractivity contribution < 1.29 is 19.1 Å². The van der Waals surface area contributed by atoms with Crippen molar-refractivity contribution in [1.29, 1.82) is 0 Å². The molecule has 0 atom stereocenters. The van der Waals surface area contributed by atoms with E-state index in [0.29, 0.717) is 38.8 Å². The highest BCUT2D eigenvalue weighted by molar-refractivity contribution is 6.32. The Morgan fingerprint density at radius 3 is 2.56 bits per heavy atom. The number of pyridine rings is 1. The van der Waals surface area contributed by atoms with E-state index in [-0.39, 0.29) is 28.3 Å². The summed E-state index contributed by atoms with van der Waals surface area (Å²) in [4.78, 5) is 36.1. The molecule has 0 saturated carbocycles. The monoisotopic (exact) mass is 472 g/mol. The minimum absolute atomic E-state index is 0.0763. The molecule has 0 aliphatic carbocycles. The molecule has 5 aromatic rings. The molecule has 7 nitrogen and oxygen atoms in total. The summed E-state index contributed by atoms with van der Waals surface area (Å²) in [6.07, 6.45) is 2.08. The van der Waals surface area contributed by atoms with E-state index in [1.54, 1.807) is 30.3 Å². The van der Waals surface area contributed by atoms with Crippen LogP contribution in [0.25, 0.3) is 33.1 Å². The predicted octanol–water partition coefficient (Wildman–Crippen LogP) is 5.89. The van der Waals surface area contributed by atoms with Gasteiger partial charge in [0, 0.05) is 32.6 Å². The lowest BCUT2D eigenvalue weighted by molar-refractivity contribution is 0.0696. The van der Waals surface area contributed by atoms with E-state index in [4.69, 9.17) is 16.7 Å². The number of halogens is 2. The third-order valence-corrected chi connectivity index (χ3v) is 5.53. The van der Waals surface area contributed by atoms with Gasteiger partial charge in [-0.1, -0.05) is 29.8 Å². The first-order valence-electron chi connectivity index (χ1n) is 10.0. The van der Waals surface area contributed by atoms with Gasteiger partial charge in [0.2, 0.25) is 5.95 Å². The molecule has 9 heteroatoms. The minimum atomic E-state index is -1.02. The van der Waals surface area contributed by atoms with Crippen molar-refractivity contribution in [3.8, 4) is 11.3 Å². The number of aldehydes is 1. The average Bonchev–Trinajstić information content (AvgIpc) is 2.84. The number of carboxylic acid groups (broad SMARTS) is 1. The number of fused-ring (bicyclic) bond motifs is 3. The summed E-state index contributed by atoms with van der Waals surface area (Å²) in [5.41, 5.74) is 2.16. The van der Waals surface area contributed by atoms with Gasteiger partial charge in [0.25, 0.3) is 0 Å². The van der Waals surface area contributed by atoms with Gasteiger partial charge in [-0.3, -0.25) is 4.79 Å². The maximum Gasteiger partial charge on any atom is 0.335 e. The zero-order chi connectivity index (χ0) is 23.8. The summed E-state index contributed by atoms with van der Waals surface area (Å²) >= 11 is 6.24. The van der Waals surface area contributed by atoms with E-state index in [1.165, 1.54) is 36.5 Å². The van der Waals surface area contributed by atoms with E-state index in [0.717, 1.165) is 0 Å². The maximum absolute atomic E-state index is 14.8. The molecule has 3 aromatic carbocycles. The number of rotatable bonds is 5. The van der Waals surface area contributed by atoms with Gasteiger partial charge < -0.3 is 10.4 Å². The van der Waals surface area contributed by atoms with Crippen LogP contribution in [0.4, 0.5) is 16.0 Å². The number of nitrogens with one attached hydrogen (secondary N) is 1. The van der Waals surface area contributed by atoms with Crippen molar-refractivity contribution in [3.05, 3.63) is 88.8 Å². The Morgan fingerprint density at radius 2 is 1.82 bits per heavy atom. The zero-order valence-corrected chi connectivity index (χ0v) is 18.0. The van der Waals surface area contributed by atoms with Crippen molar-refractivity contribution in [2.75, 3.05) is 5.32 Å². The second-order valence-electron chi connectivity index (χ2n) is 7.41. The molecule has 166 valence electrons. The van der Waals surface area contributed by atoms with Crippen molar-refractivity contribution >= 4 is 57.3 Å². The first-order valence-corrected chi connectivity index (χ1v) is 10.4. The van der Waals surface area contributed by atoms with Gasteiger partial charge in [0.15, 0.2) is 6.29 Å². The number of carbonyl (C=O) groups is 2. The highest BCUT2D eigenvalue weighted by atomic mass is 35.5. The van der Waals surface area contributed by atoms with E-state index in [2.05, 4.69) is 20.3 Å². The minimum Gasteiger partial charge on any atom is -0.478 e. The van der Waals surface area contributed by atoms with Crippen LogP contribution >= 0.6 is 11.6 Å². The van der Waals surface area contributed by atoms with E-state index < -0.39 is 11.8 Å². The van der Waals surface area contributed by atoms with Crippen LogP contribution < -0.4 is 5.32 Å². The lowest BCUT2D eigenvalue weighted by Crippen LogP contribution is -2.01. The SMILES string of the molecule is O=Cc1cccc(F)c1-c1nc2cnc(Nc3ccc(C(=O)O)cc3)nc2c2ccc(Cl)cc12. The van der Waals surface area contributed by atoms with Crippen LogP contribution in [-0.4, -0.2) is 32.3 Å². The van der Waals surface area contributed by atoms with Gasteiger partial charge in [-0.05, 0) is 42.5 Å². The largest absolute Gasteiger partial charge is 0.478 e. The molecule has 0 unspecified atom stereocenters. The number of hydrogen-bond donors (Lipinski definition) is 2. The van der Waals surface area contributed by atoms with Crippen molar-refractivity contribution in [1.82, 2.24) is 15.0 Å². The van der Waals surface area contributed by atoms with E-state index >= 15 is 0 Å². The van der Waals surface area contributed by atoms with Crippen LogP contribution in [0.5, 0.6) is 0 Å². The number of anilines is 2. The van der Waals surface area contributed by atoms with Gasteiger partial charge in [0.05, 0.1) is 17.5 Å². The average molecular weight is 473 g/mol. The molecule has 5 rings (SSSR count). The van der Waals surface area contributed by atoms with Crippen LogP contribution in [0.3, 0.4) is 0 Å². The fourth-order valence-electron chi connectivity index (χ4n) is 3.72. The molecule has 2 heterocycles. The number of carbonyl (C=O) groups excluding carboxylic acids is 1. The Balaban J connectivity index is 1.68. The molecule has 2 N–H and O–H groups in total. The summed E-state index contributed by atoms with van der Waals surface area (Å²) in [5, 5.41) is 13.7. The molecule has 0 amide bonds. The second kappa shape index (κ2) is 8.49. The third-order valence-electron chi connectivity index (χ3n) is 5.29. The van der Waals surface area contributed by atoms with Crippen LogP contribution in [-0.2, 0) is 0 Å². The number of hydrogen-bond acceptors (Lipinski definition) is 6. The molecular weight excluding hydrogens is 459 g/mol. The molecule has 34 heavy (non-hydrogen) atoms. The molecule has 0 saturated heterocycles. The zero-order valence-electron chi connectivity index (χ0n) is 17.3. The maximum atomic E-state index is 14.8. The summed E-state index contributed by atoms with van der Waals surface area (Å²) < 4.78 is 14.8. The summed E-state index contributed by atoms with van der Waals surface area (Å²) in [5.74, 6) is -1.34. The quantitative estimate of drug-likeness (QED) is 0.242. The molecule has 0 bridgehead atoms. The highest BCUT2D eigenvalue weighted by Gasteiger charge is 2.18. The lowest BCUT2D eigenvalue weighted by atomic mass is 9.98. The molecule has 2 aromatic heterocycles. The number of carboxylic acids is 1. The van der Waals surface area contributed by atoms with Gasteiger partial charge in [-0.2, -0.15) is 0 Å². The Kier molecular flexibility index (Phi) is 5.35. The topological polar surface area (TPSA) is 105 Å². The molecule has 0 radical (unpaired) electrons. The first-order chi connectivity index (χ1) is 16.4. The third kappa shape index (κ3) is 3.80. The number of benzene rings is 3. The fourth-order valence-corrected chi connectivity index (χ4v) is 3.89. The number of nitrogens with zero attached hydrogens (tertiary/aromatic N) is 3. The Hall–Kier alpha value is -4.43. The smallest absolute Gasteiger partial charge is 0.335 e. The normalized spacial score (nSPS) is 11.0. The predicted molar refractivity (Wildman–Crippen MR) is 127 cm³/mol. The van der Waals surface area contributed by atoms with E-state index in [1.807, 2.05) is 0 Å². The molecule has 0 aliphatic rings. The fraction of sp³-hybridized carbons (Fsp3) is 0. The van der Waals surface area contributed by atoms with Crippen LogP contribution in [0, 0.1) is 5.82 Å². The van der Waals surface area contributed by atoms with Crippen LogP contribution in [0.2, 0.25) is 5.02 Å². The molecule has 0 spiro atoms. The Morgan fingerprint density at radius 1 is 1.03 bits per heavy atom. The van der Waals surface area contributed by atoms with Gasteiger partial charge in [0.1, 0.15) is 16.9 Å². The molecule has 0 aliphatic heterocycles. The molecule has 0 fully saturated rings. The molecular formula is C25H14ClFN4O3. The van der Waals surface area contributed by atoms with Crippen molar-refractivity contribution in [2.24, 2.45) is 0 Å². The second-order valence-corrected chi connectivity index (χ2v) is 7.84. The standard InChI is InChI=1S/C25H14ClFN4O3/c26-15-6-9-17-18(10-15)23(21-14(12-32)2-1-3-19(21)27)30-20-11-28-25(31-22(17)20)29-16-7-4-13(5-8-16)24(33)34/h1-12H,(H,33,34)(H,28,29,31). The number of aromatic carboxylic acids is 1. The van der Waals surface area contributed by atoms with Gasteiger partial charge in [-0.25, -0.2) is 24.1 Å². The van der Waals surface area contributed by atoms with Crippen molar-refractivity contribution in [2.45, 2.75) is 0 Å². The first kappa shape index (κ1) is 21.4. The summed E-state index contributed by atoms with van der Waals surface area (Å²) in [7, 11) is 0. The van der Waals surface area contributed by atoms with Gasteiger partial charge in [-0.15, -0.1) is 0 Å². The lowest BCUT2D eigenvalue weighted by Gasteiger charge is -2.13. The summed E-state index contributed by atoms with van der Waals surface area (Å²) in [6.45, 7) is 0. The highest BCUT2D eigenvalue weighted by Crippen LogP contribution is 2.36. The Labute approximate surface area is 196 Å². The summed E-state index contributed by atoms with van der Waals surface area (Å²) in [6, 6.07) is 15.5. The number of aromatic nitrogens is 3.